The quantitative estimate of drug-likeness (QED) is 0.463. The van der Waals surface area contributed by atoms with E-state index in [0.29, 0.717) is 5.69 Å². The van der Waals surface area contributed by atoms with Crippen molar-refractivity contribution in [2.24, 2.45) is 0 Å². The van der Waals surface area contributed by atoms with E-state index in [-0.39, 0.29) is 17.9 Å². The molecule has 130 valence electrons. The smallest absolute Gasteiger partial charge is 0.413 e. The Morgan fingerprint density at radius 3 is 2.46 bits per heavy atom. The molecule has 2 amide bonds. The first-order valence-electron chi connectivity index (χ1n) is 6.85. The summed E-state index contributed by atoms with van der Waals surface area (Å²) in [5.41, 5.74) is -0.0433. The van der Waals surface area contributed by atoms with Crippen molar-refractivity contribution in [3.05, 3.63) is 33.9 Å². The van der Waals surface area contributed by atoms with Crippen LogP contribution in [0.25, 0.3) is 0 Å². The molecule has 10 nitrogen and oxygen atoms in total. The maximum absolute atomic E-state index is 11.9. The number of amides is 2. The number of carbonyl (C=O) groups is 3. The summed E-state index contributed by atoms with van der Waals surface area (Å²) in [5.74, 6) is -1.80. The molecule has 1 N–H and O–H groups in total. The number of anilines is 1. The fourth-order valence-corrected chi connectivity index (χ4v) is 1.71. The van der Waals surface area contributed by atoms with Gasteiger partial charge in [-0.2, -0.15) is 0 Å². The number of nitro groups is 1. The van der Waals surface area contributed by atoms with Crippen molar-refractivity contribution in [3.63, 3.8) is 0 Å². The molecule has 0 aliphatic carbocycles. The second kappa shape index (κ2) is 8.46. The SMILES string of the molecule is CCOC(=O)NC(=O)COC(=O)c1ccc(N(C)C)c([N+](=O)[O-])c1. The van der Waals surface area contributed by atoms with Crippen LogP contribution in [-0.2, 0) is 14.3 Å². The minimum absolute atomic E-state index is 0.0841. The minimum Gasteiger partial charge on any atom is -0.452 e. The van der Waals surface area contributed by atoms with Gasteiger partial charge in [0, 0.05) is 20.2 Å². The predicted octanol–water partition coefficient (Wildman–Crippen LogP) is 1.09. The summed E-state index contributed by atoms with van der Waals surface area (Å²) in [6, 6.07) is 3.79. The third kappa shape index (κ3) is 5.23. The Morgan fingerprint density at radius 2 is 1.92 bits per heavy atom. The molecule has 1 rings (SSSR count). The van der Waals surface area contributed by atoms with Gasteiger partial charge in [0.25, 0.3) is 11.6 Å². The van der Waals surface area contributed by atoms with Crippen molar-refractivity contribution in [1.29, 1.82) is 0 Å². The van der Waals surface area contributed by atoms with Crippen LogP contribution in [-0.4, -0.2) is 50.2 Å². The number of imide groups is 1. The van der Waals surface area contributed by atoms with Crippen LogP contribution in [0.4, 0.5) is 16.2 Å². The van der Waals surface area contributed by atoms with E-state index in [4.69, 9.17) is 4.74 Å². The van der Waals surface area contributed by atoms with Gasteiger partial charge >= 0.3 is 12.1 Å². The van der Waals surface area contributed by atoms with Crippen molar-refractivity contribution in [2.75, 3.05) is 32.2 Å². The summed E-state index contributed by atoms with van der Waals surface area (Å²) in [4.78, 5) is 46.2. The summed E-state index contributed by atoms with van der Waals surface area (Å²) >= 11 is 0. The van der Waals surface area contributed by atoms with Gasteiger partial charge in [-0.3, -0.25) is 20.2 Å². The summed E-state index contributed by atoms with van der Waals surface area (Å²) in [6.07, 6.45) is -0.954. The Labute approximate surface area is 137 Å². The molecule has 0 fully saturated rings. The van der Waals surface area contributed by atoms with Crippen LogP contribution in [0.3, 0.4) is 0 Å². The van der Waals surface area contributed by atoms with Crippen molar-refractivity contribution in [2.45, 2.75) is 6.92 Å². The third-order valence-corrected chi connectivity index (χ3v) is 2.74. The topological polar surface area (TPSA) is 128 Å². The maximum atomic E-state index is 11.9. The van der Waals surface area contributed by atoms with Crippen LogP contribution in [0.1, 0.15) is 17.3 Å². The zero-order valence-electron chi connectivity index (χ0n) is 13.4. The highest BCUT2D eigenvalue weighted by molar-refractivity contribution is 5.96. The number of carbonyl (C=O) groups excluding carboxylic acids is 3. The second-order valence-corrected chi connectivity index (χ2v) is 4.70. The van der Waals surface area contributed by atoms with E-state index in [1.165, 1.54) is 17.0 Å². The highest BCUT2D eigenvalue weighted by Gasteiger charge is 2.20. The summed E-state index contributed by atoms with van der Waals surface area (Å²) in [7, 11) is 3.25. The van der Waals surface area contributed by atoms with Crippen LogP contribution in [0.5, 0.6) is 0 Å². The summed E-state index contributed by atoms with van der Waals surface area (Å²) < 4.78 is 9.20. The van der Waals surface area contributed by atoms with Crippen LogP contribution in [0.2, 0.25) is 0 Å². The molecule has 0 spiro atoms. The van der Waals surface area contributed by atoms with Gasteiger partial charge in [-0.05, 0) is 19.1 Å². The Bertz CT molecular complexity index is 658. The van der Waals surface area contributed by atoms with E-state index < -0.39 is 29.5 Å². The van der Waals surface area contributed by atoms with Crippen molar-refractivity contribution in [1.82, 2.24) is 5.32 Å². The maximum Gasteiger partial charge on any atom is 0.413 e. The first-order chi connectivity index (χ1) is 11.3. The van der Waals surface area contributed by atoms with Gasteiger partial charge < -0.3 is 14.4 Å². The average molecular weight is 339 g/mol. The van der Waals surface area contributed by atoms with Gasteiger partial charge in [0.1, 0.15) is 5.69 Å². The largest absolute Gasteiger partial charge is 0.452 e. The van der Waals surface area contributed by atoms with Crippen molar-refractivity contribution >= 4 is 29.3 Å². The molecule has 0 saturated heterocycles. The van der Waals surface area contributed by atoms with E-state index >= 15 is 0 Å². The first-order valence-corrected chi connectivity index (χ1v) is 6.85. The molecule has 0 aliphatic heterocycles. The molecule has 0 radical (unpaired) electrons. The number of esters is 1. The number of benzene rings is 1. The monoisotopic (exact) mass is 339 g/mol. The lowest BCUT2D eigenvalue weighted by Gasteiger charge is -2.13. The van der Waals surface area contributed by atoms with Crippen LogP contribution in [0, 0.1) is 10.1 Å². The van der Waals surface area contributed by atoms with E-state index in [1.807, 2.05) is 5.32 Å². The number of hydrogen-bond acceptors (Lipinski definition) is 8. The molecule has 1 aromatic carbocycles. The number of rotatable bonds is 6. The van der Waals surface area contributed by atoms with Gasteiger partial charge in [-0.15, -0.1) is 0 Å². The predicted molar refractivity (Wildman–Crippen MR) is 82.9 cm³/mol. The minimum atomic E-state index is -0.954. The average Bonchev–Trinajstić information content (AvgIpc) is 2.51. The fraction of sp³-hybridized carbons (Fsp3) is 0.357. The molecule has 0 atom stereocenters. The number of nitro benzene ring substituents is 1. The molecule has 0 aromatic heterocycles. The molecule has 0 saturated carbocycles. The lowest BCUT2D eigenvalue weighted by molar-refractivity contribution is -0.384. The van der Waals surface area contributed by atoms with Gasteiger partial charge in [0.05, 0.1) is 17.1 Å². The highest BCUT2D eigenvalue weighted by atomic mass is 16.6. The number of nitrogens with zero attached hydrogens (tertiary/aromatic N) is 2. The molecular formula is C14H17N3O7. The Kier molecular flexibility index (Phi) is 6.65. The second-order valence-electron chi connectivity index (χ2n) is 4.70. The summed E-state index contributed by atoms with van der Waals surface area (Å²) in [5, 5.41) is 12.9. The standard InChI is InChI=1S/C14H17N3O7/c1-4-23-14(20)15-12(18)8-24-13(19)9-5-6-10(16(2)3)11(7-9)17(21)22/h5-7H,4,8H2,1-3H3,(H,15,18,20). The van der Waals surface area contributed by atoms with Gasteiger partial charge in [-0.1, -0.05) is 0 Å². The van der Waals surface area contributed by atoms with E-state index in [2.05, 4.69) is 4.74 Å². The molecule has 0 heterocycles. The van der Waals surface area contributed by atoms with Gasteiger partial charge in [-0.25, -0.2) is 9.59 Å². The van der Waals surface area contributed by atoms with Crippen LogP contribution >= 0.6 is 0 Å². The molecule has 0 aliphatic rings. The van der Waals surface area contributed by atoms with E-state index in [9.17, 15) is 24.5 Å². The zero-order chi connectivity index (χ0) is 18.3. The van der Waals surface area contributed by atoms with Gasteiger partial charge in [0.2, 0.25) is 0 Å². The number of nitrogens with one attached hydrogen (secondary N) is 1. The zero-order valence-corrected chi connectivity index (χ0v) is 13.4. The third-order valence-electron chi connectivity index (χ3n) is 2.74. The van der Waals surface area contributed by atoms with Crippen molar-refractivity contribution in [3.8, 4) is 0 Å². The van der Waals surface area contributed by atoms with E-state index in [0.717, 1.165) is 6.07 Å². The van der Waals surface area contributed by atoms with Crippen LogP contribution in [0.15, 0.2) is 18.2 Å². The molecule has 10 heteroatoms. The molecule has 0 unspecified atom stereocenters. The lowest BCUT2D eigenvalue weighted by Crippen LogP contribution is -2.34. The van der Waals surface area contributed by atoms with E-state index in [1.54, 1.807) is 21.0 Å². The summed E-state index contributed by atoms with van der Waals surface area (Å²) in [6.45, 7) is 0.927. The molecular weight excluding hydrogens is 322 g/mol. The fourth-order valence-electron chi connectivity index (χ4n) is 1.71. The Hall–Kier alpha value is -3.17. The number of ether oxygens (including phenoxy) is 2. The first kappa shape index (κ1) is 18.9. The molecule has 0 bridgehead atoms. The Morgan fingerprint density at radius 1 is 1.25 bits per heavy atom. The highest BCUT2D eigenvalue weighted by Crippen LogP contribution is 2.27. The Balaban J connectivity index is 2.75. The normalized spacial score (nSPS) is 9.79. The van der Waals surface area contributed by atoms with Crippen LogP contribution < -0.4 is 10.2 Å². The number of hydrogen-bond donors (Lipinski definition) is 1. The molecule has 24 heavy (non-hydrogen) atoms. The number of alkyl carbamates (subject to hydrolysis) is 1. The molecule has 1 aromatic rings. The lowest BCUT2D eigenvalue weighted by atomic mass is 10.1. The van der Waals surface area contributed by atoms with Gasteiger partial charge in [0.15, 0.2) is 6.61 Å². The van der Waals surface area contributed by atoms with Crippen molar-refractivity contribution < 1.29 is 28.8 Å².